The van der Waals surface area contributed by atoms with Crippen LogP contribution in [0.25, 0.3) is 0 Å². The van der Waals surface area contributed by atoms with Gasteiger partial charge in [0.15, 0.2) is 0 Å². The highest BCUT2D eigenvalue weighted by Crippen LogP contribution is 2.32. The van der Waals surface area contributed by atoms with Crippen LogP contribution in [-0.2, 0) is 13.8 Å². The zero-order chi connectivity index (χ0) is 7.07. The zero-order valence-corrected chi connectivity index (χ0v) is 6.07. The summed E-state index contributed by atoms with van der Waals surface area (Å²) >= 11 is 0. The van der Waals surface area contributed by atoms with E-state index in [2.05, 4.69) is 0 Å². The first kappa shape index (κ1) is 7.02. The van der Waals surface area contributed by atoms with E-state index in [9.17, 15) is 13.2 Å². The van der Waals surface area contributed by atoms with Gasteiger partial charge in [-0.3, -0.25) is 4.79 Å². The number of carbonyl (C=O) groups is 1. The Balaban J connectivity index is 2.73. The molecular weight excluding hydrogens is 164 g/mol. The molecule has 0 unspecified atom stereocenters. The molecule has 5 heteroatoms. The molecule has 0 spiro atoms. The lowest BCUT2D eigenvalue weighted by Gasteiger charge is -1.86. The Bertz CT molecular complexity index is 226. The molecule has 0 saturated heterocycles. The Morgan fingerprint density at radius 3 is 2.00 bits per heavy atom. The zero-order valence-electron chi connectivity index (χ0n) is 4.50. The van der Waals surface area contributed by atoms with Gasteiger partial charge in [0.1, 0.15) is 0 Å². The molecule has 3 nitrogen and oxygen atoms in total. The Kier molecular flexibility index (Phi) is 1.52. The molecule has 0 aromatic rings. The molecule has 0 heterocycles. The number of halogens is 1. The van der Waals surface area contributed by atoms with E-state index in [1.165, 1.54) is 0 Å². The molecule has 9 heavy (non-hydrogen) atoms. The van der Waals surface area contributed by atoms with Crippen molar-refractivity contribution in [2.45, 2.75) is 12.8 Å². The third kappa shape index (κ3) is 1.66. The number of hydrogen-bond donors (Lipinski definition) is 0. The molecule has 1 aliphatic rings. The van der Waals surface area contributed by atoms with Crippen LogP contribution in [0.1, 0.15) is 12.8 Å². The first-order valence-corrected chi connectivity index (χ1v) is 4.81. The molecule has 0 radical (unpaired) electrons. The molecule has 0 aromatic carbocycles. The van der Waals surface area contributed by atoms with Gasteiger partial charge in [-0.25, -0.2) is 8.42 Å². The lowest BCUT2D eigenvalue weighted by atomic mass is 10.5. The standard InChI is InChI=1S/C4H5ClO3S/c5-9(7,8)4(6)3-1-2-3/h3H,1-2H2. The molecule has 1 fully saturated rings. The lowest BCUT2D eigenvalue weighted by molar-refractivity contribution is -0.112. The Morgan fingerprint density at radius 2 is 1.89 bits per heavy atom. The maximum atomic E-state index is 10.5. The van der Waals surface area contributed by atoms with Crippen LogP contribution in [0.5, 0.6) is 0 Å². The second-order valence-corrected chi connectivity index (χ2v) is 4.53. The molecule has 0 bridgehead atoms. The van der Waals surface area contributed by atoms with E-state index in [1.807, 2.05) is 0 Å². The largest absolute Gasteiger partial charge is 0.295 e. The summed E-state index contributed by atoms with van der Waals surface area (Å²) in [5.74, 6) is -0.299. The van der Waals surface area contributed by atoms with Crippen LogP contribution < -0.4 is 0 Å². The SMILES string of the molecule is O=C(C1CC1)S(=O)(=O)Cl. The third-order valence-corrected chi connectivity index (χ3v) is 2.42. The third-order valence-electron chi connectivity index (χ3n) is 1.15. The van der Waals surface area contributed by atoms with Gasteiger partial charge in [0.05, 0.1) is 0 Å². The molecule has 1 saturated carbocycles. The van der Waals surface area contributed by atoms with Crippen molar-refractivity contribution in [1.29, 1.82) is 0 Å². The van der Waals surface area contributed by atoms with Crippen LogP contribution in [0, 0.1) is 5.92 Å². The van der Waals surface area contributed by atoms with Crippen molar-refractivity contribution in [3.8, 4) is 0 Å². The van der Waals surface area contributed by atoms with Crippen molar-refractivity contribution in [1.82, 2.24) is 0 Å². The minimum Gasteiger partial charge on any atom is -0.280 e. The summed E-state index contributed by atoms with van der Waals surface area (Å²) in [5.41, 5.74) is 0. The fraction of sp³-hybridized carbons (Fsp3) is 0.750. The van der Waals surface area contributed by atoms with Gasteiger partial charge in [-0.15, -0.1) is 0 Å². The fourth-order valence-corrected chi connectivity index (χ4v) is 1.53. The molecule has 0 aromatic heterocycles. The van der Waals surface area contributed by atoms with E-state index in [0.717, 1.165) is 0 Å². The quantitative estimate of drug-likeness (QED) is 0.536. The van der Waals surface area contributed by atoms with Crippen molar-refractivity contribution < 1.29 is 13.2 Å². The summed E-state index contributed by atoms with van der Waals surface area (Å²) in [6.45, 7) is 0. The molecule has 0 atom stereocenters. The summed E-state index contributed by atoms with van der Waals surface area (Å²) < 4.78 is 20.5. The highest BCUT2D eigenvalue weighted by Gasteiger charge is 2.37. The van der Waals surface area contributed by atoms with Gasteiger partial charge in [-0.1, -0.05) is 0 Å². The van der Waals surface area contributed by atoms with Crippen LogP contribution in [-0.4, -0.2) is 13.5 Å². The highest BCUT2D eigenvalue weighted by atomic mass is 35.7. The van der Waals surface area contributed by atoms with Crippen LogP contribution in [0.3, 0.4) is 0 Å². The van der Waals surface area contributed by atoms with Crippen LogP contribution in [0.15, 0.2) is 0 Å². The average molecular weight is 169 g/mol. The topological polar surface area (TPSA) is 51.2 Å². The number of hydrogen-bond acceptors (Lipinski definition) is 3. The fourth-order valence-electron chi connectivity index (χ4n) is 0.518. The molecule has 1 rings (SSSR count). The first-order chi connectivity index (χ1) is 4.02. The minimum atomic E-state index is -3.91. The Morgan fingerprint density at radius 1 is 1.44 bits per heavy atom. The van der Waals surface area contributed by atoms with Gasteiger partial charge in [-0.2, -0.15) is 0 Å². The Hall–Kier alpha value is -0.0900. The van der Waals surface area contributed by atoms with E-state index in [-0.39, 0.29) is 5.92 Å². The minimum absolute atomic E-state index is 0.299. The van der Waals surface area contributed by atoms with Crippen LogP contribution >= 0.6 is 10.7 Å². The van der Waals surface area contributed by atoms with Gasteiger partial charge in [-0.05, 0) is 12.8 Å². The van der Waals surface area contributed by atoms with E-state index in [0.29, 0.717) is 12.8 Å². The summed E-state index contributed by atoms with van der Waals surface area (Å²) in [7, 11) is 0.835. The van der Waals surface area contributed by atoms with E-state index < -0.39 is 14.2 Å². The summed E-state index contributed by atoms with van der Waals surface area (Å²) in [5, 5.41) is -0.816. The predicted molar refractivity (Wildman–Crippen MR) is 32.5 cm³/mol. The molecule has 1 aliphatic carbocycles. The van der Waals surface area contributed by atoms with Gasteiger partial charge < -0.3 is 0 Å². The van der Waals surface area contributed by atoms with E-state index in [1.54, 1.807) is 0 Å². The van der Waals surface area contributed by atoms with Gasteiger partial charge >= 0.3 is 0 Å². The smallest absolute Gasteiger partial charge is 0.280 e. The Labute approximate surface area is 57.4 Å². The highest BCUT2D eigenvalue weighted by molar-refractivity contribution is 8.25. The predicted octanol–water partition coefficient (Wildman–Crippen LogP) is 0.492. The maximum absolute atomic E-state index is 10.5. The van der Waals surface area contributed by atoms with E-state index >= 15 is 0 Å². The number of rotatable bonds is 1. The van der Waals surface area contributed by atoms with Crippen LogP contribution in [0.4, 0.5) is 0 Å². The molecule has 0 N–H and O–H groups in total. The monoisotopic (exact) mass is 168 g/mol. The summed E-state index contributed by atoms with van der Waals surface area (Å²) in [4.78, 5) is 10.5. The van der Waals surface area contributed by atoms with Crippen molar-refractivity contribution in [3.63, 3.8) is 0 Å². The molecular formula is C4H5ClO3S. The average Bonchev–Trinajstić information content (AvgIpc) is 2.40. The second kappa shape index (κ2) is 1.95. The van der Waals surface area contributed by atoms with Crippen molar-refractivity contribution in [2.24, 2.45) is 5.92 Å². The first-order valence-electron chi connectivity index (χ1n) is 2.50. The van der Waals surface area contributed by atoms with Gasteiger partial charge in [0, 0.05) is 16.6 Å². The summed E-state index contributed by atoms with van der Waals surface area (Å²) in [6, 6.07) is 0. The molecule has 0 amide bonds. The summed E-state index contributed by atoms with van der Waals surface area (Å²) in [6.07, 6.45) is 1.34. The van der Waals surface area contributed by atoms with E-state index in [4.69, 9.17) is 10.7 Å². The normalized spacial score (nSPS) is 19.7. The van der Waals surface area contributed by atoms with Gasteiger partial charge in [0.25, 0.3) is 14.2 Å². The number of carbonyl (C=O) groups excluding carboxylic acids is 1. The van der Waals surface area contributed by atoms with Crippen molar-refractivity contribution in [3.05, 3.63) is 0 Å². The van der Waals surface area contributed by atoms with Gasteiger partial charge in [0.2, 0.25) is 0 Å². The second-order valence-electron chi connectivity index (χ2n) is 2.03. The molecule has 0 aliphatic heterocycles. The maximum Gasteiger partial charge on any atom is 0.295 e. The van der Waals surface area contributed by atoms with Crippen molar-refractivity contribution in [2.75, 3.05) is 0 Å². The van der Waals surface area contributed by atoms with Crippen LogP contribution in [0.2, 0.25) is 0 Å². The van der Waals surface area contributed by atoms with Crippen molar-refractivity contribution >= 4 is 24.8 Å². The lowest BCUT2D eigenvalue weighted by Crippen LogP contribution is -2.08. The molecule has 52 valence electrons.